The zero-order chi connectivity index (χ0) is 15.6. The average Bonchev–Trinajstić information content (AvgIpc) is 3.10. The predicted octanol–water partition coefficient (Wildman–Crippen LogP) is 1.81. The molecule has 2 aromatic heterocycles. The molecule has 0 saturated carbocycles. The van der Waals surface area contributed by atoms with Crippen molar-refractivity contribution in [2.24, 2.45) is 11.8 Å². The quantitative estimate of drug-likeness (QED) is 0.887. The minimum absolute atomic E-state index is 0.0465. The number of pyridine rings is 1. The van der Waals surface area contributed by atoms with Crippen LogP contribution in [-0.2, 0) is 0 Å². The van der Waals surface area contributed by atoms with E-state index in [1.165, 1.54) is 12.8 Å². The molecule has 2 aromatic rings. The maximum Gasteiger partial charge on any atom is 0.272 e. The standard InChI is InChI=1S/C17H23N5O/c23-17(15-2-1-14-11-19-21-16(14)20-15)22-9-5-13(6-10-22)12-3-7-18-8-4-12/h1-2,11-13,18H,3-10H2,(H,19,20,21). The molecule has 2 saturated heterocycles. The Morgan fingerprint density at radius 2 is 1.83 bits per heavy atom. The highest BCUT2D eigenvalue weighted by Crippen LogP contribution is 2.31. The van der Waals surface area contributed by atoms with E-state index in [2.05, 4.69) is 20.5 Å². The summed E-state index contributed by atoms with van der Waals surface area (Å²) in [5.41, 5.74) is 1.20. The summed E-state index contributed by atoms with van der Waals surface area (Å²) in [6.07, 6.45) is 6.56. The molecule has 0 aliphatic carbocycles. The van der Waals surface area contributed by atoms with Crippen molar-refractivity contribution >= 4 is 16.9 Å². The Hall–Kier alpha value is -1.95. The maximum absolute atomic E-state index is 12.7. The highest BCUT2D eigenvalue weighted by molar-refractivity contribution is 5.94. The van der Waals surface area contributed by atoms with Gasteiger partial charge in [-0.2, -0.15) is 5.10 Å². The van der Waals surface area contributed by atoms with Crippen LogP contribution in [0.15, 0.2) is 18.3 Å². The van der Waals surface area contributed by atoms with E-state index < -0.39 is 0 Å². The second-order valence-corrected chi connectivity index (χ2v) is 6.72. The second kappa shape index (κ2) is 6.28. The Balaban J connectivity index is 1.40. The Labute approximate surface area is 135 Å². The number of carbonyl (C=O) groups is 1. The van der Waals surface area contributed by atoms with Crippen LogP contribution in [0.1, 0.15) is 36.2 Å². The number of likely N-dealkylation sites (tertiary alicyclic amines) is 1. The zero-order valence-electron chi connectivity index (χ0n) is 13.3. The van der Waals surface area contributed by atoms with Gasteiger partial charge in [0.1, 0.15) is 5.69 Å². The predicted molar refractivity (Wildman–Crippen MR) is 88.1 cm³/mol. The van der Waals surface area contributed by atoms with Gasteiger partial charge in [0, 0.05) is 18.5 Å². The molecule has 2 aliphatic rings. The van der Waals surface area contributed by atoms with Gasteiger partial charge in [-0.3, -0.25) is 9.89 Å². The number of nitrogens with one attached hydrogen (secondary N) is 2. The number of aromatic nitrogens is 3. The number of hydrogen-bond acceptors (Lipinski definition) is 4. The van der Waals surface area contributed by atoms with Crippen molar-refractivity contribution in [3.05, 3.63) is 24.0 Å². The van der Waals surface area contributed by atoms with Gasteiger partial charge < -0.3 is 10.2 Å². The molecule has 0 spiro atoms. The fourth-order valence-electron chi connectivity index (χ4n) is 4.00. The Bertz CT molecular complexity index is 683. The fraction of sp³-hybridized carbons (Fsp3) is 0.588. The molecular weight excluding hydrogens is 290 g/mol. The average molecular weight is 313 g/mol. The van der Waals surface area contributed by atoms with E-state index >= 15 is 0 Å². The van der Waals surface area contributed by atoms with Crippen molar-refractivity contribution in [3.63, 3.8) is 0 Å². The Kier molecular flexibility index (Phi) is 3.99. The number of fused-ring (bicyclic) bond motifs is 1. The second-order valence-electron chi connectivity index (χ2n) is 6.72. The molecule has 0 unspecified atom stereocenters. The molecule has 4 heterocycles. The monoisotopic (exact) mass is 313 g/mol. The summed E-state index contributed by atoms with van der Waals surface area (Å²) in [6.45, 7) is 4.02. The minimum atomic E-state index is 0.0465. The van der Waals surface area contributed by atoms with Gasteiger partial charge in [0.05, 0.1) is 6.20 Å². The summed E-state index contributed by atoms with van der Waals surface area (Å²) in [4.78, 5) is 19.0. The number of nitrogens with zero attached hydrogens (tertiary/aromatic N) is 3. The molecule has 4 rings (SSSR count). The summed E-state index contributed by atoms with van der Waals surface area (Å²) >= 11 is 0. The van der Waals surface area contributed by atoms with Crippen LogP contribution in [0, 0.1) is 11.8 Å². The van der Waals surface area contributed by atoms with Crippen LogP contribution in [0.2, 0.25) is 0 Å². The van der Waals surface area contributed by atoms with Gasteiger partial charge >= 0.3 is 0 Å². The Morgan fingerprint density at radius 1 is 1.09 bits per heavy atom. The molecule has 0 bridgehead atoms. The van der Waals surface area contributed by atoms with Crippen molar-refractivity contribution in [3.8, 4) is 0 Å². The van der Waals surface area contributed by atoms with E-state index in [1.54, 1.807) is 12.3 Å². The van der Waals surface area contributed by atoms with Crippen molar-refractivity contribution in [2.45, 2.75) is 25.7 Å². The van der Waals surface area contributed by atoms with Crippen LogP contribution >= 0.6 is 0 Å². The van der Waals surface area contributed by atoms with E-state index in [-0.39, 0.29) is 5.91 Å². The fourth-order valence-corrected chi connectivity index (χ4v) is 4.00. The first kappa shape index (κ1) is 14.6. The molecule has 0 atom stereocenters. The van der Waals surface area contributed by atoms with Gasteiger partial charge in [-0.25, -0.2) is 4.98 Å². The number of carbonyl (C=O) groups excluding carboxylic acids is 1. The molecule has 23 heavy (non-hydrogen) atoms. The van der Waals surface area contributed by atoms with E-state index in [0.29, 0.717) is 11.3 Å². The summed E-state index contributed by atoms with van der Waals surface area (Å²) in [7, 11) is 0. The number of H-pyrrole nitrogens is 1. The van der Waals surface area contributed by atoms with Crippen LogP contribution in [0.3, 0.4) is 0 Å². The lowest BCUT2D eigenvalue weighted by atomic mass is 9.79. The summed E-state index contributed by atoms with van der Waals surface area (Å²) in [5.74, 6) is 1.67. The summed E-state index contributed by atoms with van der Waals surface area (Å²) in [6, 6.07) is 3.71. The minimum Gasteiger partial charge on any atom is -0.337 e. The van der Waals surface area contributed by atoms with E-state index in [9.17, 15) is 4.79 Å². The topological polar surface area (TPSA) is 73.9 Å². The Morgan fingerprint density at radius 3 is 2.61 bits per heavy atom. The van der Waals surface area contributed by atoms with Crippen LogP contribution in [0.25, 0.3) is 11.0 Å². The van der Waals surface area contributed by atoms with E-state index in [4.69, 9.17) is 0 Å². The largest absolute Gasteiger partial charge is 0.337 e. The third-order valence-corrected chi connectivity index (χ3v) is 5.40. The lowest BCUT2D eigenvalue weighted by Gasteiger charge is -2.37. The van der Waals surface area contributed by atoms with Gasteiger partial charge in [0.15, 0.2) is 5.65 Å². The molecule has 2 aliphatic heterocycles. The van der Waals surface area contributed by atoms with Crippen molar-refractivity contribution < 1.29 is 4.79 Å². The lowest BCUT2D eigenvalue weighted by Crippen LogP contribution is -2.42. The first-order valence-electron chi connectivity index (χ1n) is 8.61. The number of hydrogen-bond donors (Lipinski definition) is 2. The third-order valence-electron chi connectivity index (χ3n) is 5.40. The SMILES string of the molecule is O=C(c1ccc2cn[nH]c2n1)N1CCC(C2CCNCC2)CC1. The molecule has 0 radical (unpaired) electrons. The smallest absolute Gasteiger partial charge is 0.272 e. The highest BCUT2D eigenvalue weighted by Gasteiger charge is 2.29. The number of amides is 1. The number of aromatic amines is 1. The van der Waals surface area contributed by atoms with Crippen LogP contribution in [0.5, 0.6) is 0 Å². The molecular formula is C17H23N5O. The third kappa shape index (κ3) is 2.95. The molecule has 1 amide bonds. The molecule has 2 N–H and O–H groups in total. The zero-order valence-corrected chi connectivity index (χ0v) is 13.3. The van der Waals surface area contributed by atoms with Gasteiger partial charge in [-0.15, -0.1) is 0 Å². The lowest BCUT2D eigenvalue weighted by molar-refractivity contribution is 0.0637. The number of rotatable bonds is 2. The van der Waals surface area contributed by atoms with Crippen molar-refractivity contribution in [1.29, 1.82) is 0 Å². The summed E-state index contributed by atoms with van der Waals surface area (Å²) < 4.78 is 0. The number of piperidine rings is 2. The van der Waals surface area contributed by atoms with Gasteiger partial charge in [0.25, 0.3) is 5.91 Å². The molecule has 122 valence electrons. The van der Waals surface area contributed by atoms with Crippen LogP contribution in [0.4, 0.5) is 0 Å². The normalized spacial score (nSPS) is 21.0. The first-order chi connectivity index (χ1) is 11.3. The van der Waals surface area contributed by atoms with Crippen molar-refractivity contribution in [1.82, 2.24) is 25.4 Å². The molecule has 6 heteroatoms. The molecule has 2 fully saturated rings. The van der Waals surface area contributed by atoms with E-state index in [1.807, 2.05) is 11.0 Å². The molecule has 0 aromatic carbocycles. The van der Waals surface area contributed by atoms with Gasteiger partial charge in [0.2, 0.25) is 0 Å². The van der Waals surface area contributed by atoms with Gasteiger partial charge in [-0.05, 0) is 62.7 Å². The van der Waals surface area contributed by atoms with Crippen LogP contribution in [-0.4, -0.2) is 52.2 Å². The maximum atomic E-state index is 12.7. The molecule has 6 nitrogen and oxygen atoms in total. The first-order valence-corrected chi connectivity index (χ1v) is 8.61. The summed E-state index contributed by atoms with van der Waals surface area (Å²) in [5, 5.41) is 11.2. The van der Waals surface area contributed by atoms with Crippen molar-refractivity contribution in [2.75, 3.05) is 26.2 Å². The van der Waals surface area contributed by atoms with E-state index in [0.717, 1.165) is 56.2 Å². The van der Waals surface area contributed by atoms with Gasteiger partial charge in [-0.1, -0.05) is 0 Å². The highest BCUT2D eigenvalue weighted by atomic mass is 16.2. The van der Waals surface area contributed by atoms with Crippen LogP contribution < -0.4 is 5.32 Å².